The van der Waals surface area contributed by atoms with E-state index < -0.39 is 5.92 Å². The normalized spacial score (nSPS) is 17.4. The minimum Gasteiger partial charge on any atom is -0.426 e. The molecule has 1 amide bonds. The molecule has 0 radical (unpaired) electrons. The first-order chi connectivity index (χ1) is 11.1. The number of anilines is 1. The summed E-state index contributed by atoms with van der Waals surface area (Å²) in [5.41, 5.74) is 3.08. The summed E-state index contributed by atoms with van der Waals surface area (Å²) in [4.78, 5) is 26.3. The van der Waals surface area contributed by atoms with Crippen molar-refractivity contribution in [1.82, 2.24) is 0 Å². The van der Waals surface area contributed by atoms with Crippen LogP contribution in [0.2, 0.25) is 0 Å². The van der Waals surface area contributed by atoms with Crippen LogP contribution in [0, 0.1) is 19.8 Å². The number of aryl methyl sites for hydroxylation is 1. The fraction of sp³-hybridized carbons (Fsp3) is 0.263. The van der Waals surface area contributed by atoms with Gasteiger partial charge in [0, 0.05) is 18.7 Å². The van der Waals surface area contributed by atoms with Crippen LogP contribution in [0.25, 0.3) is 0 Å². The molecule has 1 fully saturated rings. The first-order valence-electron chi connectivity index (χ1n) is 7.69. The summed E-state index contributed by atoms with van der Waals surface area (Å²) in [7, 11) is 0. The summed E-state index contributed by atoms with van der Waals surface area (Å²) in [6, 6.07) is 14.8. The van der Waals surface area contributed by atoms with Gasteiger partial charge in [-0.05, 0) is 43.2 Å². The number of carbonyl (C=O) groups excluding carboxylic acids is 2. The number of hydrogen-bond donors (Lipinski definition) is 0. The molecule has 23 heavy (non-hydrogen) atoms. The van der Waals surface area contributed by atoms with E-state index in [1.807, 2.05) is 50.2 Å². The van der Waals surface area contributed by atoms with Crippen molar-refractivity contribution in [2.75, 3.05) is 11.4 Å². The highest BCUT2D eigenvalue weighted by molar-refractivity contribution is 6.00. The monoisotopic (exact) mass is 309 g/mol. The predicted octanol–water partition coefficient (Wildman–Crippen LogP) is 3.26. The Kier molecular flexibility index (Phi) is 4.15. The quantitative estimate of drug-likeness (QED) is 0.646. The lowest BCUT2D eigenvalue weighted by Gasteiger charge is -2.20. The Morgan fingerprint density at radius 2 is 1.83 bits per heavy atom. The Bertz CT molecular complexity index is 740. The van der Waals surface area contributed by atoms with E-state index in [-0.39, 0.29) is 18.3 Å². The number of amides is 1. The number of hydrogen-bond acceptors (Lipinski definition) is 3. The second-order valence-corrected chi connectivity index (χ2v) is 5.86. The molecule has 1 aliphatic heterocycles. The molecule has 0 saturated carbocycles. The molecule has 1 heterocycles. The SMILES string of the molecule is Cc1cccc(N2CC(C(=O)Oc3ccccc3)CC2=O)c1C. The van der Waals surface area contributed by atoms with Crippen molar-refractivity contribution < 1.29 is 14.3 Å². The van der Waals surface area contributed by atoms with Crippen LogP contribution >= 0.6 is 0 Å². The van der Waals surface area contributed by atoms with E-state index in [4.69, 9.17) is 4.74 Å². The smallest absolute Gasteiger partial charge is 0.316 e. The van der Waals surface area contributed by atoms with Crippen LogP contribution in [-0.4, -0.2) is 18.4 Å². The van der Waals surface area contributed by atoms with Gasteiger partial charge in [0.2, 0.25) is 5.91 Å². The van der Waals surface area contributed by atoms with Gasteiger partial charge in [0.1, 0.15) is 5.75 Å². The third kappa shape index (κ3) is 3.11. The highest BCUT2D eigenvalue weighted by atomic mass is 16.5. The van der Waals surface area contributed by atoms with Crippen LogP contribution < -0.4 is 9.64 Å². The maximum absolute atomic E-state index is 12.3. The molecule has 3 rings (SSSR count). The van der Waals surface area contributed by atoms with Crippen molar-refractivity contribution in [3.05, 3.63) is 59.7 Å². The summed E-state index contributed by atoms with van der Waals surface area (Å²) in [6.45, 7) is 4.38. The van der Waals surface area contributed by atoms with Crippen molar-refractivity contribution in [3.8, 4) is 5.75 Å². The topological polar surface area (TPSA) is 46.6 Å². The van der Waals surface area contributed by atoms with Crippen molar-refractivity contribution in [1.29, 1.82) is 0 Å². The van der Waals surface area contributed by atoms with Gasteiger partial charge >= 0.3 is 5.97 Å². The predicted molar refractivity (Wildman–Crippen MR) is 88.5 cm³/mol. The van der Waals surface area contributed by atoms with Gasteiger partial charge in [-0.1, -0.05) is 30.3 Å². The molecule has 1 unspecified atom stereocenters. The number of para-hydroxylation sites is 1. The van der Waals surface area contributed by atoms with Crippen LogP contribution in [0.1, 0.15) is 17.5 Å². The molecular formula is C19H19NO3. The lowest BCUT2D eigenvalue weighted by molar-refractivity contribution is -0.139. The van der Waals surface area contributed by atoms with E-state index in [1.165, 1.54) is 0 Å². The standard InChI is InChI=1S/C19H19NO3/c1-13-7-6-10-17(14(13)2)20-12-15(11-18(20)21)19(22)23-16-8-4-3-5-9-16/h3-10,15H,11-12H2,1-2H3. The Balaban J connectivity index is 1.75. The van der Waals surface area contributed by atoms with Crippen molar-refractivity contribution in [2.24, 2.45) is 5.92 Å². The van der Waals surface area contributed by atoms with Crippen molar-refractivity contribution >= 4 is 17.6 Å². The van der Waals surface area contributed by atoms with Gasteiger partial charge in [-0.25, -0.2) is 0 Å². The second-order valence-electron chi connectivity index (χ2n) is 5.86. The summed E-state index contributed by atoms with van der Waals surface area (Å²) in [6.07, 6.45) is 0.194. The molecule has 4 heteroatoms. The Morgan fingerprint density at radius 1 is 1.09 bits per heavy atom. The van der Waals surface area contributed by atoms with Crippen molar-refractivity contribution in [3.63, 3.8) is 0 Å². The van der Waals surface area contributed by atoms with Crippen LogP contribution in [0.15, 0.2) is 48.5 Å². The number of carbonyl (C=O) groups is 2. The number of rotatable bonds is 3. The second kappa shape index (κ2) is 6.24. The Hall–Kier alpha value is -2.62. The molecule has 2 aromatic carbocycles. The fourth-order valence-corrected chi connectivity index (χ4v) is 2.81. The molecule has 1 atom stereocenters. The zero-order valence-corrected chi connectivity index (χ0v) is 13.3. The van der Waals surface area contributed by atoms with Gasteiger partial charge in [0.15, 0.2) is 0 Å². The molecule has 2 aromatic rings. The number of nitrogens with zero attached hydrogens (tertiary/aromatic N) is 1. The minimum absolute atomic E-state index is 0.0336. The van der Waals surface area contributed by atoms with Gasteiger partial charge in [0.25, 0.3) is 0 Å². The lowest BCUT2D eigenvalue weighted by atomic mass is 10.1. The molecule has 118 valence electrons. The third-order valence-electron chi connectivity index (χ3n) is 4.29. The van der Waals surface area contributed by atoms with Gasteiger partial charge in [0.05, 0.1) is 5.92 Å². The maximum Gasteiger partial charge on any atom is 0.316 e. The number of esters is 1. The van der Waals surface area contributed by atoms with Gasteiger partial charge in [-0.3, -0.25) is 9.59 Å². The lowest BCUT2D eigenvalue weighted by Crippen LogP contribution is -2.28. The molecule has 0 aliphatic carbocycles. The Labute approximate surface area is 135 Å². The van der Waals surface area contributed by atoms with E-state index in [2.05, 4.69) is 0 Å². The fourth-order valence-electron chi connectivity index (χ4n) is 2.81. The number of benzene rings is 2. The largest absolute Gasteiger partial charge is 0.426 e. The van der Waals surface area contributed by atoms with Gasteiger partial charge < -0.3 is 9.64 Å². The summed E-state index contributed by atoms with van der Waals surface area (Å²) < 4.78 is 5.37. The molecule has 0 spiro atoms. The number of ether oxygens (including phenoxy) is 1. The summed E-state index contributed by atoms with van der Waals surface area (Å²) in [5, 5.41) is 0. The van der Waals surface area contributed by atoms with Crippen molar-refractivity contribution in [2.45, 2.75) is 20.3 Å². The maximum atomic E-state index is 12.3. The molecule has 1 saturated heterocycles. The van der Waals surface area contributed by atoms with E-state index in [9.17, 15) is 9.59 Å². The van der Waals surface area contributed by atoms with E-state index >= 15 is 0 Å². The van der Waals surface area contributed by atoms with E-state index in [0.717, 1.165) is 16.8 Å². The van der Waals surface area contributed by atoms with E-state index in [1.54, 1.807) is 17.0 Å². The highest BCUT2D eigenvalue weighted by Gasteiger charge is 2.37. The van der Waals surface area contributed by atoms with Crippen LogP contribution in [0.3, 0.4) is 0 Å². The summed E-state index contributed by atoms with van der Waals surface area (Å²) in [5.74, 6) is -0.302. The highest BCUT2D eigenvalue weighted by Crippen LogP contribution is 2.30. The third-order valence-corrected chi connectivity index (χ3v) is 4.29. The van der Waals surface area contributed by atoms with Gasteiger partial charge in [-0.15, -0.1) is 0 Å². The van der Waals surface area contributed by atoms with Gasteiger partial charge in [-0.2, -0.15) is 0 Å². The molecule has 0 bridgehead atoms. The van der Waals surface area contributed by atoms with Crippen LogP contribution in [0.4, 0.5) is 5.69 Å². The Morgan fingerprint density at radius 3 is 2.57 bits per heavy atom. The van der Waals surface area contributed by atoms with Crippen LogP contribution in [0.5, 0.6) is 5.75 Å². The first kappa shape index (κ1) is 15.3. The first-order valence-corrected chi connectivity index (χ1v) is 7.69. The average molecular weight is 309 g/mol. The van der Waals surface area contributed by atoms with E-state index in [0.29, 0.717) is 12.3 Å². The zero-order chi connectivity index (χ0) is 16.4. The van der Waals surface area contributed by atoms with Crippen LogP contribution in [-0.2, 0) is 9.59 Å². The molecule has 4 nitrogen and oxygen atoms in total. The molecule has 0 aromatic heterocycles. The molecule has 0 N–H and O–H groups in total. The average Bonchev–Trinajstić information content (AvgIpc) is 2.93. The molecular weight excluding hydrogens is 290 g/mol. The summed E-state index contributed by atoms with van der Waals surface area (Å²) >= 11 is 0. The molecule has 1 aliphatic rings. The zero-order valence-electron chi connectivity index (χ0n) is 13.3. The minimum atomic E-state index is -0.428.